The summed E-state index contributed by atoms with van der Waals surface area (Å²) in [7, 11) is 2.05. The third-order valence-electron chi connectivity index (χ3n) is 2.31. The van der Waals surface area contributed by atoms with Gasteiger partial charge in [-0.2, -0.15) is 0 Å². The molecule has 0 aliphatic heterocycles. The zero-order chi connectivity index (χ0) is 9.26. The van der Waals surface area contributed by atoms with Crippen LogP contribution in [0.1, 0.15) is 13.3 Å². The molecule has 0 fully saturated rings. The first-order valence-corrected chi connectivity index (χ1v) is 4.75. The maximum atomic E-state index is 2.30. The predicted octanol–water partition coefficient (Wildman–Crippen LogP) is 1.70. The van der Waals surface area contributed by atoms with Gasteiger partial charge in [0.2, 0.25) is 0 Å². The van der Waals surface area contributed by atoms with Crippen LogP contribution in [0, 0.1) is 0 Å². The highest BCUT2D eigenvalue weighted by atomic mass is 16.0. The minimum absolute atomic E-state index is 0. The van der Waals surface area contributed by atoms with Crippen molar-refractivity contribution in [2.24, 2.45) is 7.05 Å². The molecule has 3 nitrogen and oxygen atoms in total. The fourth-order valence-electron chi connectivity index (χ4n) is 1.69. The number of pyridine rings is 1. The molecule has 0 radical (unpaired) electrons. The third kappa shape index (κ3) is 1.77. The van der Waals surface area contributed by atoms with Crippen molar-refractivity contribution in [2.45, 2.75) is 19.9 Å². The van der Waals surface area contributed by atoms with Crippen LogP contribution in [0.4, 0.5) is 0 Å². The Morgan fingerprint density at radius 1 is 1.36 bits per heavy atom. The Labute approximate surface area is 83.9 Å². The van der Waals surface area contributed by atoms with Gasteiger partial charge in [-0.15, -0.1) is 0 Å². The molecule has 0 aliphatic rings. The second kappa shape index (κ2) is 4.24. The summed E-state index contributed by atoms with van der Waals surface area (Å²) in [4.78, 5) is 0. The second-order valence-corrected chi connectivity index (χ2v) is 3.46. The number of fused-ring (bicyclic) bond motifs is 1. The summed E-state index contributed by atoms with van der Waals surface area (Å²) in [6.07, 6.45) is 7.59. The molecule has 0 aliphatic carbocycles. The lowest BCUT2D eigenvalue weighted by molar-refractivity contribution is -0.670. The fraction of sp³-hybridized carbons (Fsp3) is 0.364. The Bertz CT molecular complexity index is 420. The SMILES string of the molecule is CCCn1ccc2c[n+](C)ccc21.[OH-]. The van der Waals surface area contributed by atoms with Gasteiger partial charge in [-0.3, -0.25) is 0 Å². The molecule has 2 rings (SSSR count). The van der Waals surface area contributed by atoms with Gasteiger partial charge in [-0.1, -0.05) is 6.92 Å². The van der Waals surface area contributed by atoms with Gasteiger partial charge < -0.3 is 10.0 Å². The van der Waals surface area contributed by atoms with Gasteiger partial charge in [-0.25, -0.2) is 4.57 Å². The van der Waals surface area contributed by atoms with E-state index in [4.69, 9.17) is 0 Å². The van der Waals surface area contributed by atoms with Gasteiger partial charge in [0.15, 0.2) is 12.4 Å². The molecule has 2 heterocycles. The molecule has 2 aromatic rings. The van der Waals surface area contributed by atoms with Crippen LogP contribution >= 0.6 is 0 Å². The van der Waals surface area contributed by atoms with E-state index in [-0.39, 0.29) is 5.48 Å². The van der Waals surface area contributed by atoms with Crippen molar-refractivity contribution >= 4 is 10.9 Å². The van der Waals surface area contributed by atoms with Gasteiger partial charge in [-0.05, 0) is 12.5 Å². The minimum Gasteiger partial charge on any atom is -0.870 e. The van der Waals surface area contributed by atoms with Crippen molar-refractivity contribution in [1.29, 1.82) is 0 Å². The van der Waals surface area contributed by atoms with Crippen LogP contribution in [-0.4, -0.2) is 10.0 Å². The van der Waals surface area contributed by atoms with Crippen LogP contribution in [0.5, 0.6) is 0 Å². The number of aryl methyl sites for hydroxylation is 2. The van der Waals surface area contributed by atoms with Crippen molar-refractivity contribution in [2.75, 3.05) is 0 Å². The molecule has 3 heteroatoms. The summed E-state index contributed by atoms with van der Waals surface area (Å²) in [5, 5.41) is 1.32. The Morgan fingerprint density at radius 3 is 2.86 bits per heavy atom. The van der Waals surface area contributed by atoms with Crippen LogP contribution < -0.4 is 4.57 Å². The average Bonchev–Trinajstić information content (AvgIpc) is 2.49. The van der Waals surface area contributed by atoms with E-state index in [1.54, 1.807) is 0 Å². The summed E-state index contributed by atoms with van der Waals surface area (Å²) < 4.78 is 4.38. The molecule has 0 aromatic carbocycles. The Balaban J connectivity index is 0.000000980. The van der Waals surface area contributed by atoms with Gasteiger partial charge in [0, 0.05) is 18.8 Å². The molecule has 0 saturated heterocycles. The Hall–Kier alpha value is -1.35. The average molecular weight is 192 g/mol. The van der Waals surface area contributed by atoms with Gasteiger partial charge in [0.1, 0.15) is 7.05 Å². The molecular formula is C11H16N2O. The van der Waals surface area contributed by atoms with Crippen LogP contribution in [0.15, 0.2) is 30.7 Å². The van der Waals surface area contributed by atoms with E-state index >= 15 is 0 Å². The van der Waals surface area contributed by atoms with Crippen LogP contribution in [0.25, 0.3) is 10.9 Å². The zero-order valence-corrected chi connectivity index (χ0v) is 8.64. The number of hydrogen-bond donors (Lipinski definition) is 0. The van der Waals surface area contributed by atoms with E-state index in [9.17, 15) is 0 Å². The first-order chi connectivity index (χ1) is 6.31. The van der Waals surface area contributed by atoms with Crippen LogP contribution in [0.2, 0.25) is 0 Å². The normalized spacial score (nSPS) is 10.1. The Kier molecular flexibility index (Phi) is 3.25. The van der Waals surface area contributed by atoms with Crippen molar-refractivity contribution in [3.63, 3.8) is 0 Å². The highest BCUT2D eigenvalue weighted by Crippen LogP contribution is 2.12. The van der Waals surface area contributed by atoms with E-state index in [1.807, 2.05) is 0 Å². The lowest BCUT2D eigenvalue weighted by atomic mass is 10.3. The number of nitrogens with zero attached hydrogens (tertiary/aromatic N) is 2. The second-order valence-electron chi connectivity index (χ2n) is 3.46. The quantitative estimate of drug-likeness (QED) is 0.667. The maximum Gasteiger partial charge on any atom is 0.177 e. The summed E-state index contributed by atoms with van der Waals surface area (Å²) >= 11 is 0. The van der Waals surface area contributed by atoms with Crippen molar-refractivity contribution in [1.82, 2.24) is 4.57 Å². The molecule has 0 amide bonds. The monoisotopic (exact) mass is 192 g/mol. The van der Waals surface area contributed by atoms with Crippen molar-refractivity contribution in [3.8, 4) is 0 Å². The number of aromatic nitrogens is 2. The van der Waals surface area contributed by atoms with Crippen molar-refractivity contribution in [3.05, 3.63) is 30.7 Å². The zero-order valence-electron chi connectivity index (χ0n) is 8.64. The summed E-state index contributed by atoms with van der Waals surface area (Å²) in [6, 6.07) is 4.34. The summed E-state index contributed by atoms with van der Waals surface area (Å²) in [6.45, 7) is 3.31. The lowest BCUT2D eigenvalue weighted by Crippen LogP contribution is -2.25. The van der Waals surface area contributed by atoms with Crippen LogP contribution in [-0.2, 0) is 13.6 Å². The largest absolute Gasteiger partial charge is 0.870 e. The van der Waals surface area contributed by atoms with E-state index in [0.29, 0.717) is 0 Å². The third-order valence-corrected chi connectivity index (χ3v) is 2.31. The molecule has 0 spiro atoms. The van der Waals surface area contributed by atoms with E-state index in [2.05, 4.69) is 53.8 Å². The number of rotatable bonds is 2. The summed E-state index contributed by atoms with van der Waals surface area (Å²) in [5.41, 5.74) is 1.33. The topological polar surface area (TPSA) is 38.8 Å². The van der Waals surface area contributed by atoms with Crippen molar-refractivity contribution < 1.29 is 10.0 Å². The fourth-order valence-corrected chi connectivity index (χ4v) is 1.69. The minimum atomic E-state index is 0. The smallest absolute Gasteiger partial charge is 0.177 e. The molecule has 1 N–H and O–H groups in total. The predicted molar refractivity (Wildman–Crippen MR) is 55.3 cm³/mol. The maximum absolute atomic E-state index is 2.30. The lowest BCUT2D eigenvalue weighted by Gasteiger charge is -2.00. The van der Waals surface area contributed by atoms with Gasteiger partial charge in [0.25, 0.3) is 0 Å². The molecule has 0 bridgehead atoms. The highest BCUT2D eigenvalue weighted by Gasteiger charge is 2.02. The van der Waals surface area contributed by atoms with Gasteiger partial charge >= 0.3 is 0 Å². The molecule has 76 valence electrons. The van der Waals surface area contributed by atoms with Crippen LogP contribution in [0.3, 0.4) is 0 Å². The molecule has 2 aromatic heterocycles. The standard InChI is InChI=1S/C11H15N2.H2O/c1-3-6-13-8-4-10-9-12(2)7-5-11(10)13;/h4-5,7-9H,3,6H2,1-2H3;1H2/q+1;/p-1. The molecule has 14 heavy (non-hydrogen) atoms. The molecular weight excluding hydrogens is 176 g/mol. The summed E-state index contributed by atoms with van der Waals surface area (Å²) in [5.74, 6) is 0. The van der Waals surface area contributed by atoms with Gasteiger partial charge in [0.05, 0.1) is 10.9 Å². The Morgan fingerprint density at radius 2 is 2.14 bits per heavy atom. The van der Waals surface area contributed by atoms with E-state index in [0.717, 1.165) is 6.54 Å². The first-order valence-electron chi connectivity index (χ1n) is 4.75. The molecule has 0 saturated carbocycles. The van der Waals surface area contributed by atoms with E-state index in [1.165, 1.54) is 17.3 Å². The van der Waals surface area contributed by atoms with E-state index < -0.39 is 0 Å². The highest BCUT2D eigenvalue weighted by molar-refractivity contribution is 5.77. The first kappa shape index (κ1) is 10.7. The number of hydrogen-bond acceptors (Lipinski definition) is 1. The molecule has 0 unspecified atom stereocenters. The molecule has 0 atom stereocenters.